The number of aromatic nitrogens is 1. The Morgan fingerprint density at radius 3 is 2.33 bits per heavy atom. The van der Waals surface area contributed by atoms with Gasteiger partial charge in [-0.25, -0.2) is 4.79 Å². The highest BCUT2D eigenvalue weighted by molar-refractivity contribution is 6.07. The van der Waals surface area contributed by atoms with E-state index in [-0.39, 0.29) is 12.3 Å². The van der Waals surface area contributed by atoms with Gasteiger partial charge >= 0.3 is 5.63 Å². The first kappa shape index (κ1) is 16.7. The van der Waals surface area contributed by atoms with Gasteiger partial charge < -0.3 is 9.73 Å². The second-order valence-corrected chi connectivity index (χ2v) is 6.01. The molecule has 0 unspecified atom stereocenters. The lowest BCUT2D eigenvalue weighted by Gasteiger charge is -2.12. The van der Waals surface area contributed by atoms with Crippen molar-refractivity contribution in [2.75, 3.05) is 0 Å². The van der Waals surface area contributed by atoms with Crippen molar-refractivity contribution in [3.63, 3.8) is 0 Å². The molecule has 0 atom stereocenters. The number of benzene rings is 2. The summed E-state index contributed by atoms with van der Waals surface area (Å²) in [4.78, 5) is 29.4. The molecule has 0 bridgehead atoms. The Morgan fingerprint density at radius 2 is 1.59 bits per heavy atom. The zero-order chi connectivity index (χ0) is 18.6. The Hall–Kier alpha value is -3.73. The molecule has 2 aromatic carbocycles. The van der Waals surface area contributed by atoms with Crippen molar-refractivity contribution >= 4 is 16.7 Å². The molecule has 1 amide bonds. The zero-order valence-electron chi connectivity index (χ0n) is 14.4. The molecule has 4 aromatic rings. The highest BCUT2D eigenvalue weighted by Crippen LogP contribution is 2.30. The van der Waals surface area contributed by atoms with E-state index in [0.717, 1.165) is 11.3 Å². The Bertz CT molecular complexity index is 1150. The first-order valence-corrected chi connectivity index (χ1v) is 8.53. The predicted molar refractivity (Wildman–Crippen MR) is 103 cm³/mol. The summed E-state index contributed by atoms with van der Waals surface area (Å²) in [7, 11) is 0. The number of pyridine rings is 1. The first-order valence-electron chi connectivity index (χ1n) is 8.53. The minimum atomic E-state index is -0.534. The minimum absolute atomic E-state index is 0.000770. The summed E-state index contributed by atoms with van der Waals surface area (Å²) in [6.07, 6.45) is 1.66. The molecule has 2 heterocycles. The Labute approximate surface area is 155 Å². The molecular weight excluding hydrogens is 340 g/mol. The highest BCUT2D eigenvalue weighted by Gasteiger charge is 2.21. The lowest BCUT2D eigenvalue weighted by Crippen LogP contribution is -2.25. The topological polar surface area (TPSA) is 72.2 Å². The molecule has 132 valence electrons. The molecule has 1 N–H and O–H groups in total. The molecular formula is C22H16N2O3. The highest BCUT2D eigenvalue weighted by atomic mass is 16.4. The van der Waals surface area contributed by atoms with Gasteiger partial charge in [-0.15, -0.1) is 0 Å². The lowest BCUT2D eigenvalue weighted by atomic mass is 9.98. The van der Waals surface area contributed by atoms with Crippen molar-refractivity contribution in [1.29, 1.82) is 0 Å². The van der Waals surface area contributed by atoms with Crippen molar-refractivity contribution in [3.05, 3.63) is 101 Å². The van der Waals surface area contributed by atoms with Crippen LogP contribution in [0.15, 0.2) is 88.2 Å². The molecule has 5 heteroatoms. The fourth-order valence-corrected chi connectivity index (χ4v) is 3.01. The van der Waals surface area contributed by atoms with Crippen LogP contribution in [0.1, 0.15) is 16.2 Å². The first-order chi connectivity index (χ1) is 13.2. The summed E-state index contributed by atoms with van der Waals surface area (Å²) in [6.45, 7) is 0.241. The number of nitrogens with zero attached hydrogens (tertiary/aromatic N) is 1. The van der Waals surface area contributed by atoms with E-state index in [9.17, 15) is 9.59 Å². The third kappa shape index (κ3) is 3.35. The van der Waals surface area contributed by atoms with Crippen LogP contribution in [0.25, 0.3) is 21.9 Å². The summed E-state index contributed by atoms with van der Waals surface area (Å²) < 4.78 is 5.44. The maximum Gasteiger partial charge on any atom is 0.344 e. The smallest absolute Gasteiger partial charge is 0.344 e. The van der Waals surface area contributed by atoms with Gasteiger partial charge in [-0.1, -0.05) is 54.6 Å². The van der Waals surface area contributed by atoms with Crippen LogP contribution in [0.3, 0.4) is 0 Å². The number of hydrogen-bond donors (Lipinski definition) is 1. The van der Waals surface area contributed by atoms with Gasteiger partial charge in [0, 0.05) is 17.1 Å². The maximum absolute atomic E-state index is 12.8. The van der Waals surface area contributed by atoms with Gasteiger partial charge in [0.1, 0.15) is 0 Å². The van der Waals surface area contributed by atoms with E-state index in [1.807, 2.05) is 54.6 Å². The van der Waals surface area contributed by atoms with Gasteiger partial charge in [0.25, 0.3) is 5.91 Å². The zero-order valence-corrected chi connectivity index (χ0v) is 14.4. The van der Waals surface area contributed by atoms with Crippen molar-refractivity contribution < 1.29 is 9.21 Å². The molecule has 4 rings (SSSR count). The number of rotatable bonds is 4. The Morgan fingerprint density at radius 1 is 0.889 bits per heavy atom. The molecule has 0 saturated carbocycles. The van der Waals surface area contributed by atoms with Crippen LogP contribution in [0, 0.1) is 0 Å². The van der Waals surface area contributed by atoms with Crippen LogP contribution in [-0.4, -0.2) is 10.9 Å². The number of carbonyl (C=O) groups is 1. The molecule has 0 fully saturated rings. The van der Waals surface area contributed by atoms with Crippen LogP contribution >= 0.6 is 0 Å². The van der Waals surface area contributed by atoms with E-state index in [1.165, 1.54) is 0 Å². The quantitative estimate of drug-likeness (QED) is 0.604. The molecule has 2 aromatic heterocycles. The van der Waals surface area contributed by atoms with E-state index < -0.39 is 11.5 Å². The molecule has 0 saturated heterocycles. The van der Waals surface area contributed by atoms with Gasteiger partial charge in [-0.3, -0.25) is 9.78 Å². The lowest BCUT2D eigenvalue weighted by molar-refractivity contribution is 0.0920. The molecule has 0 aliphatic carbocycles. The Kier molecular flexibility index (Phi) is 4.49. The molecule has 0 aliphatic rings. The fourth-order valence-electron chi connectivity index (χ4n) is 3.01. The number of amides is 1. The summed E-state index contributed by atoms with van der Waals surface area (Å²) in [5, 5.41) is 3.91. The van der Waals surface area contributed by atoms with Crippen molar-refractivity contribution in [1.82, 2.24) is 10.3 Å². The van der Waals surface area contributed by atoms with Crippen LogP contribution < -0.4 is 10.9 Å². The van der Waals surface area contributed by atoms with Crippen LogP contribution in [-0.2, 0) is 6.54 Å². The van der Waals surface area contributed by atoms with Crippen molar-refractivity contribution in [2.24, 2.45) is 0 Å². The Balaban J connectivity index is 1.82. The summed E-state index contributed by atoms with van der Waals surface area (Å²) in [5.41, 5.74) is 1.59. The molecule has 5 nitrogen and oxygen atoms in total. The normalized spacial score (nSPS) is 10.7. The van der Waals surface area contributed by atoms with Crippen LogP contribution in [0.2, 0.25) is 0 Å². The number of fused-ring (bicyclic) bond motifs is 1. The van der Waals surface area contributed by atoms with Gasteiger partial charge in [-0.2, -0.15) is 0 Å². The summed E-state index contributed by atoms with van der Waals surface area (Å²) >= 11 is 0. The molecule has 0 aliphatic heterocycles. The van der Waals surface area contributed by atoms with Gasteiger partial charge in [-0.05, 0) is 23.8 Å². The van der Waals surface area contributed by atoms with Gasteiger partial charge in [0.15, 0.2) is 0 Å². The third-order valence-electron chi connectivity index (χ3n) is 4.26. The molecule has 27 heavy (non-hydrogen) atoms. The summed E-state index contributed by atoms with van der Waals surface area (Å²) in [5.74, 6) is -0.455. The largest absolute Gasteiger partial charge is 0.416 e. The molecule has 0 radical (unpaired) electrons. The van der Waals surface area contributed by atoms with E-state index >= 15 is 0 Å². The average Bonchev–Trinajstić information content (AvgIpc) is 2.73. The van der Waals surface area contributed by atoms with E-state index in [4.69, 9.17) is 4.42 Å². The minimum Gasteiger partial charge on any atom is -0.416 e. The second kappa shape index (κ2) is 7.25. The van der Waals surface area contributed by atoms with E-state index in [2.05, 4.69) is 10.3 Å². The predicted octanol–water partition coefficient (Wildman–Crippen LogP) is 3.79. The van der Waals surface area contributed by atoms with Crippen LogP contribution in [0.4, 0.5) is 0 Å². The van der Waals surface area contributed by atoms with Crippen molar-refractivity contribution in [3.8, 4) is 11.1 Å². The number of hydrogen-bond acceptors (Lipinski definition) is 4. The SMILES string of the molecule is O=C(NCc1ccccn1)c1oc(=O)c2ccccc2c1-c1ccccc1. The van der Waals surface area contributed by atoms with E-state index in [1.54, 1.807) is 24.4 Å². The van der Waals surface area contributed by atoms with Crippen LogP contribution in [0.5, 0.6) is 0 Å². The number of carbonyl (C=O) groups excluding carboxylic acids is 1. The number of nitrogens with one attached hydrogen (secondary N) is 1. The van der Waals surface area contributed by atoms with Gasteiger partial charge in [0.05, 0.1) is 17.6 Å². The van der Waals surface area contributed by atoms with Gasteiger partial charge in [0.2, 0.25) is 5.76 Å². The maximum atomic E-state index is 12.8. The third-order valence-corrected chi connectivity index (χ3v) is 4.26. The fraction of sp³-hybridized carbons (Fsp3) is 0.0455. The van der Waals surface area contributed by atoms with Crippen molar-refractivity contribution in [2.45, 2.75) is 6.54 Å². The average molecular weight is 356 g/mol. The van der Waals surface area contributed by atoms with E-state index in [0.29, 0.717) is 16.3 Å². The standard InChI is InChI=1S/C22H16N2O3/c25-21(24-14-16-10-6-7-13-23-16)20-19(15-8-2-1-3-9-15)17-11-4-5-12-18(17)22(26)27-20/h1-13H,14H2,(H,24,25). The molecule has 0 spiro atoms. The second-order valence-electron chi connectivity index (χ2n) is 6.01. The summed E-state index contributed by atoms with van der Waals surface area (Å²) in [6, 6.07) is 22.0. The monoisotopic (exact) mass is 356 g/mol.